The Morgan fingerprint density at radius 2 is 1.76 bits per heavy atom. The molecule has 0 fully saturated rings. The number of aldehydes is 1. The lowest BCUT2D eigenvalue weighted by molar-refractivity contribution is -0.119. The van der Waals surface area contributed by atoms with Gasteiger partial charge in [0, 0.05) is 7.11 Å². The highest BCUT2D eigenvalue weighted by Gasteiger charge is 2.06. The maximum atomic E-state index is 10.8. The Kier molecular flexibility index (Phi) is 18.7. The zero-order chi connectivity index (χ0) is 16.3. The van der Waals surface area contributed by atoms with Crippen molar-refractivity contribution in [3.63, 3.8) is 0 Å². The van der Waals surface area contributed by atoms with Gasteiger partial charge in [-0.1, -0.05) is 30.3 Å². The van der Waals surface area contributed by atoms with Gasteiger partial charge in [0.25, 0.3) is 0 Å². The number of carbonyl (C=O) groups is 2. The first-order valence-electron chi connectivity index (χ1n) is 6.69. The fourth-order valence-electron chi connectivity index (χ4n) is 1.46. The summed E-state index contributed by atoms with van der Waals surface area (Å²) < 4.78 is 5.52. The first kappa shape index (κ1) is 21.5. The zero-order valence-electron chi connectivity index (χ0n) is 12.5. The van der Waals surface area contributed by atoms with Crippen LogP contribution in [0, 0.1) is 0 Å². The average Bonchev–Trinajstić information content (AvgIpc) is 2.54. The van der Waals surface area contributed by atoms with Crippen LogP contribution in [0.4, 0.5) is 0 Å². The molecule has 120 valence electrons. The third-order valence-corrected chi connectivity index (χ3v) is 2.40. The van der Waals surface area contributed by atoms with Crippen molar-refractivity contribution >= 4 is 12.7 Å². The number of nitrogens with two attached hydrogens (primary N) is 2. The van der Waals surface area contributed by atoms with E-state index in [1.54, 1.807) is 0 Å². The van der Waals surface area contributed by atoms with Crippen LogP contribution < -0.4 is 11.5 Å². The van der Waals surface area contributed by atoms with Crippen LogP contribution in [0.3, 0.4) is 0 Å². The van der Waals surface area contributed by atoms with E-state index in [2.05, 4.69) is 5.73 Å². The van der Waals surface area contributed by atoms with Gasteiger partial charge in [0.05, 0.1) is 6.61 Å². The van der Waals surface area contributed by atoms with Gasteiger partial charge in [-0.3, -0.25) is 4.79 Å². The van der Waals surface area contributed by atoms with Gasteiger partial charge in [-0.25, -0.2) is 0 Å². The van der Waals surface area contributed by atoms with Crippen LogP contribution >= 0.6 is 0 Å². The van der Waals surface area contributed by atoms with Crippen LogP contribution in [0.15, 0.2) is 30.3 Å². The molecule has 1 aromatic carbocycles. The summed E-state index contributed by atoms with van der Waals surface area (Å²) in [7, 11) is 1.00. The highest BCUT2D eigenvalue weighted by atomic mass is 16.5. The number of aliphatic hydroxyl groups excluding tert-OH is 1. The molecule has 21 heavy (non-hydrogen) atoms. The van der Waals surface area contributed by atoms with Crippen LogP contribution in [0.1, 0.15) is 24.8 Å². The minimum absolute atomic E-state index is 0.250. The van der Waals surface area contributed by atoms with Crippen molar-refractivity contribution < 1.29 is 19.4 Å². The minimum Gasteiger partial charge on any atom is -0.400 e. The van der Waals surface area contributed by atoms with Gasteiger partial charge in [0.15, 0.2) is 0 Å². The first-order valence-corrected chi connectivity index (χ1v) is 6.69. The third-order valence-electron chi connectivity index (χ3n) is 2.40. The highest BCUT2D eigenvalue weighted by molar-refractivity contribution is 5.55. The third kappa shape index (κ3) is 14.5. The second-order valence-corrected chi connectivity index (χ2v) is 3.89. The lowest BCUT2D eigenvalue weighted by Crippen LogP contribution is -2.15. The summed E-state index contributed by atoms with van der Waals surface area (Å²) in [6.45, 7) is 1.16. The fourth-order valence-corrected chi connectivity index (χ4v) is 1.46. The number of hydrogen-bond donors (Lipinski definition) is 3. The Morgan fingerprint density at radius 3 is 2.24 bits per heavy atom. The monoisotopic (exact) mass is 298 g/mol. The number of unbranched alkanes of at least 4 members (excludes halogenated alkanes) is 1. The molecule has 0 radical (unpaired) electrons. The van der Waals surface area contributed by atoms with Gasteiger partial charge in [-0.05, 0) is 31.4 Å². The van der Waals surface area contributed by atoms with Gasteiger partial charge < -0.3 is 26.1 Å². The second-order valence-electron chi connectivity index (χ2n) is 3.89. The summed E-state index contributed by atoms with van der Waals surface area (Å²) in [4.78, 5) is 19.3. The van der Waals surface area contributed by atoms with Crippen LogP contribution in [0.5, 0.6) is 0 Å². The van der Waals surface area contributed by atoms with Crippen molar-refractivity contribution in [2.45, 2.75) is 32.0 Å². The SMILES string of the molecule is CO.NC=O.NCCCCC(C=O)OCc1ccccc1. The Morgan fingerprint density at radius 1 is 1.19 bits per heavy atom. The molecule has 0 heterocycles. The summed E-state index contributed by atoms with van der Waals surface area (Å²) in [5.41, 5.74) is 10.6. The molecule has 0 spiro atoms. The molecule has 0 bridgehead atoms. The first-order chi connectivity index (χ1) is 10.3. The van der Waals surface area contributed by atoms with E-state index < -0.39 is 0 Å². The normalized spacial score (nSPS) is 10.2. The van der Waals surface area contributed by atoms with E-state index in [1.807, 2.05) is 30.3 Å². The number of aliphatic hydroxyl groups is 1. The minimum atomic E-state index is -0.299. The van der Waals surface area contributed by atoms with Crippen molar-refractivity contribution in [2.75, 3.05) is 13.7 Å². The number of ether oxygens (including phenoxy) is 1. The van der Waals surface area contributed by atoms with Gasteiger partial charge >= 0.3 is 0 Å². The molecule has 0 aliphatic carbocycles. The predicted octanol–water partition coefficient (Wildman–Crippen LogP) is 0.610. The Labute approximate surface area is 126 Å². The van der Waals surface area contributed by atoms with E-state index in [9.17, 15) is 4.79 Å². The molecule has 1 atom stereocenters. The average molecular weight is 298 g/mol. The molecule has 0 aliphatic rings. The van der Waals surface area contributed by atoms with Gasteiger partial charge in [-0.2, -0.15) is 0 Å². The smallest absolute Gasteiger partial charge is 0.204 e. The molecule has 1 amide bonds. The topological polar surface area (TPSA) is 116 Å². The molecular formula is C15H26N2O4. The number of carbonyl (C=O) groups excluding carboxylic acids is 2. The van der Waals surface area contributed by atoms with Crippen molar-refractivity contribution in [2.24, 2.45) is 11.5 Å². The number of hydrogen-bond acceptors (Lipinski definition) is 5. The standard InChI is InChI=1S/C13H19NO2.CH3NO.CH4O/c14-9-5-4-8-13(10-15)16-11-12-6-2-1-3-7-12;2-1-3;1-2/h1-3,6-7,10,13H,4-5,8-9,11,14H2;1H,(H2,2,3);2H,1H3. The van der Waals surface area contributed by atoms with Crippen LogP contribution in [-0.2, 0) is 20.9 Å². The molecule has 0 saturated heterocycles. The molecule has 0 aromatic heterocycles. The quantitative estimate of drug-likeness (QED) is 0.480. The predicted molar refractivity (Wildman–Crippen MR) is 82.4 cm³/mol. The van der Waals surface area contributed by atoms with Gasteiger partial charge in [0.1, 0.15) is 12.4 Å². The zero-order valence-corrected chi connectivity index (χ0v) is 12.5. The number of primary amides is 1. The molecule has 6 nitrogen and oxygen atoms in total. The second kappa shape index (κ2) is 18.2. The van der Waals surface area contributed by atoms with E-state index in [1.165, 1.54) is 0 Å². The fraction of sp³-hybridized carbons (Fsp3) is 0.467. The van der Waals surface area contributed by atoms with E-state index in [0.29, 0.717) is 13.2 Å². The van der Waals surface area contributed by atoms with Crippen LogP contribution in [0.2, 0.25) is 0 Å². The van der Waals surface area contributed by atoms with Crippen LogP contribution in [-0.4, -0.2) is 37.6 Å². The van der Waals surface area contributed by atoms with Crippen molar-refractivity contribution in [3.05, 3.63) is 35.9 Å². The molecule has 5 N–H and O–H groups in total. The lowest BCUT2D eigenvalue weighted by atomic mass is 10.1. The molecule has 0 aliphatic heterocycles. The van der Waals surface area contributed by atoms with Crippen molar-refractivity contribution in [1.82, 2.24) is 0 Å². The molecule has 6 heteroatoms. The molecule has 0 saturated carbocycles. The Hall–Kier alpha value is -1.76. The summed E-state index contributed by atoms with van der Waals surface area (Å²) in [5.74, 6) is 0. The summed E-state index contributed by atoms with van der Waals surface area (Å²) in [6, 6.07) is 9.86. The number of benzene rings is 1. The summed E-state index contributed by atoms with van der Waals surface area (Å²) in [6.07, 6.45) is 3.47. The summed E-state index contributed by atoms with van der Waals surface area (Å²) >= 11 is 0. The summed E-state index contributed by atoms with van der Waals surface area (Å²) in [5, 5.41) is 7.00. The largest absolute Gasteiger partial charge is 0.400 e. The van der Waals surface area contributed by atoms with Gasteiger partial charge in [0.2, 0.25) is 6.41 Å². The highest BCUT2D eigenvalue weighted by Crippen LogP contribution is 2.07. The van der Waals surface area contributed by atoms with Gasteiger partial charge in [-0.15, -0.1) is 0 Å². The van der Waals surface area contributed by atoms with E-state index in [0.717, 1.165) is 38.2 Å². The molecular weight excluding hydrogens is 272 g/mol. The maximum absolute atomic E-state index is 10.8. The van der Waals surface area contributed by atoms with E-state index >= 15 is 0 Å². The van der Waals surface area contributed by atoms with E-state index in [4.69, 9.17) is 20.4 Å². The van der Waals surface area contributed by atoms with E-state index in [-0.39, 0.29) is 12.5 Å². The van der Waals surface area contributed by atoms with Crippen LogP contribution in [0.25, 0.3) is 0 Å². The number of rotatable bonds is 8. The Bertz CT molecular complexity index is 334. The molecule has 1 aromatic rings. The molecule has 1 rings (SSSR count). The van der Waals surface area contributed by atoms with Crippen molar-refractivity contribution in [1.29, 1.82) is 0 Å². The van der Waals surface area contributed by atoms with Crippen molar-refractivity contribution in [3.8, 4) is 0 Å². The maximum Gasteiger partial charge on any atom is 0.204 e. The lowest BCUT2D eigenvalue weighted by Gasteiger charge is -2.11. The number of amides is 1. The molecule has 1 unspecified atom stereocenters. The Balaban J connectivity index is 0.